The van der Waals surface area contributed by atoms with Crippen LogP contribution in [0.4, 0.5) is 22.0 Å². The minimum absolute atomic E-state index is 0.105. The number of benzene rings is 1. The van der Waals surface area contributed by atoms with Crippen LogP contribution in [0, 0.1) is 0 Å². The second-order valence-corrected chi connectivity index (χ2v) is 3.22. The van der Waals surface area contributed by atoms with Gasteiger partial charge in [0.25, 0.3) is 5.91 Å². The Labute approximate surface area is 93.4 Å². The lowest BCUT2D eigenvalue weighted by Crippen LogP contribution is -2.28. The van der Waals surface area contributed by atoms with Gasteiger partial charge in [0.1, 0.15) is 0 Å². The fraction of sp³-hybridized carbons (Fsp3) is 0.300. The molecule has 1 aromatic carbocycles. The average molecular weight is 253 g/mol. The minimum Gasteiger partial charge on any atom is -0.347 e. The summed E-state index contributed by atoms with van der Waals surface area (Å²) in [5.41, 5.74) is -0.782. The molecule has 0 fully saturated rings. The molecule has 94 valence electrons. The van der Waals surface area contributed by atoms with Crippen LogP contribution in [-0.2, 0) is 17.5 Å². The van der Waals surface area contributed by atoms with Gasteiger partial charge >= 0.3 is 12.6 Å². The molecule has 0 aliphatic heterocycles. The molecule has 0 heterocycles. The molecule has 17 heavy (non-hydrogen) atoms. The highest BCUT2D eigenvalue weighted by Crippen LogP contribution is 2.29. The number of hydrogen-bond donors (Lipinski definition) is 1. The molecule has 0 aliphatic rings. The van der Waals surface area contributed by atoms with Crippen LogP contribution < -0.4 is 5.32 Å². The molecule has 1 aromatic rings. The van der Waals surface area contributed by atoms with Crippen LogP contribution in [-0.4, -0.2) is 12.3 Å². The first kappa shape index (κ1) is 13.4. The van der Waals surface area contributed by atoms with Crippen LogP contribution in [0.3, 0.4) is 0 Å². The first-order chi connectivity index (χ1) is 7.80. The van der Waals surface area contributed by atoms with Crippen molar-refractivity contribution in [2.24, 2.45) is 0 Å². The van der Waals surface area contributed by atoms with Crippen molar-refractivity contribution in [3.63, 3.8) is 0 Å². The van der Waals surface area contributed by atoms with E-state index in [0.29, 0.717) is 0 Å². The van der Waals surface area contributed by atoms with Crippen molar-refractivity contribution in [3.8, 4) is 0 Å². The molecule has 0 aromatic heterocycles. The zero-order valence-corrected chi connectivity index (χ0v) is 8.39. The minimum atomic E-state index is -4.50. The molecule has 0 saturated heterocycles. The van der Waals surface area contributed by atoms with Crippen LogP contribution in [0.2, 0.25) is 0 Å². The van der Waals surface area contributed by atoms with Gasteiger partial charge in [-0.05, 0) is 17.7 Å². The molecule has 1 rings (SSSR count). The van der Waals surface area contributed by atoms with E-state index in [1.807, 2.05) is 5.32 Å². The number of carbonyl (C=O) groups excluding carboxylic acids is 1. The number of nitrogens with one attached hydrogen (secondary N) is 1. The van der Waals surface area contributed by atoms with E-state index in [-0.39, 0.29) is 12.1 Å². The Bertz CT molecular complexity index is 402. The van der Waals surface area contributed by atoms with Gasteiger partial charge in [-0.1, -0.05) is 12.1 Å². The summed E-state index contributed by atoms with van der Waals surface area (Å²) in [6.45, 7) is -0.368. The predicted molar refractivity (Wildman–Crippen MR) is 49.3 cm³/mol. The van der Waals surface area contributed by atoms with Gasteiger partial charge in [0.05, 0.1) is 5.56 Å². The summed E-state index contributed by atoms with van der Waals surface area (Å²) in [6.07, 6.45) is -7.68. The third-order valence-electron chi connectivity index (χ3n) is 1.92. The molecule has 0 unspecified atom stereocenters. The molecular formula is C10H8F5NO. The molecule has 2 nitrogen and oxygen atoms in total. The lowest BCUT2D eigenvalue weighted by atomic mass is 10.1. The molecule has 1 N–H and O–H groups in total. The first-order valence-corrected chi connectivity index (χ1v) is 4.52. The fourth-order valence-corrected chi connectivity index (χ4v) is 1.12. The third-order valence-corrected chi connectivity index (χ3v) is 1.92. The number of alkyl halides is 5. The van der Waals surface area contributed by atoms with Crippen molar-refractivity contribution in [3.05, 3.63) is 35.4 Å². The lowest BCUT2D eigenvalue weighted by molar-refractivity contribution is -0.137. The van der Waals surface area contributed by atoms with E-state index in [2.05, 4.69) is 0 Å². The lowest BCUT2D eigenvalue weighted by Gasteiger charge is -2.09. The zero-order chi connectivity index (χ0) is 13.1. The summed E-state index contributed by atoms with van der Waals surface area (Å²) >= 11 is 0. The molecule has 0 saturated carbocycles. The molecule has 7 heteroatoms. The Hall–Kier alpha value is -1.66. The van der Waals surface area contributed by atoms with Gasteiger partial charge in [-0.3, -0.25) is 4.79 Å². The predicted octanol–water partition coefficient (Wildman–Crippen LogP) is 2.59. The van der Waals surface area contributed by atoms with Crippen LogP contribution in [0.1, 0.15) is 11.1 Å². The zero-order valence-electron chi connectivity index (χ0n) is 8.39. The van der Waals surface area contributed by atoms with E-state index >= 15 is 0 Å². The molecule has 1 amide bonds. The molecule has 0 atom stereocenters. The summed E-state index contributed by atoms with van der Waals surface area (Å²) in [5, 5.41) is 1.82. The van der Waals surface area contributed by atoms with Crippen LogP contribution in [0.25, 0.3) is 0 Å². The van der Waals surface area contributed by atoms with Gasteiger partial charge in [-0.15, -0.1) is 0 Å². The fourth-order valence-electron chi connectivity index (χ4n) is 1.12. The van der Waals surface area contributed by atoms with Crippen molar-refractivity contribution >= 4 is 5.91 Å². The van der Waals surface area contributed by atoms with E-state index in [9.17, 15) is 26.7 Å². The number of amides is 1. The summed E-state index contributed by atoms with van der Waals surface area (Å²) in [4.78, 5) is 10.5. The van der Waals surface area contributed by atoms with E-state index in [0.717, 1.165) is 18.2 Å². The van der Waals surface area contributed by atoms with Gasteiger partial charge in [0, 0.05) is 6.54 Å². The Morgan fingerprint density at radius 3 is 2.47 bits per heavy atom. The Balaban J connectivity index is 2.70. The van der Waals surface area contributed by atoms with Gasteiger partial charge in [0.15, 0.2) is 0 Å². The van der Waals surface area contributed by atoms with Gasteiger partial charge in [0.2, 0.25) is 0 Å². The summed E-state index contributed by atoms with van der Waals surface area (Å²) in [7, 11) is 0. The SMILES string of the molecule is O=C(NCc1cccc(C(F)(F)F)c1)C(F)F. The maximum atomic E-state index is 12.3. The van der Waals surface area contributed by atoms with Crippen LogP contribution in [0.5, 0.6) is 0 Å². The third kappa shape index (κ3) is 4.01. The van der Waals surface area contributed by atoms with E-state index in [1.54, 1.807) is 0 Å². The summed E-state index contributed by atoms with van der Waals surface area (Å²) in [6, 6.07) is 4.11. The maximum absolute atomic E-state index is 12.3. The molecular weight excluding hydrogens is 245 g/mol. The highest BCUT2D eigenvalue weighted by Gasteiger charge is 2.30. The number of rotatable bonds is 3. The normalized spacial score (nSPS) is 11.6. The molecule has 0 spiro atoms. The smallest absolute Gasteiger partial charge is 0.347 e. The maximum Gasteiger partial charge on any atom is 0.416 e. The van der Waals surface area contributed by atoms with Crippen molar-refractivity contribution < 1.29 is 26.7 Å². The molecule has 0 radical (unpaired) electrons. The first-order valence-electron chi connectivity index (χ1n) is 4.52. The van der Waals surface area contributed by atoms with Crippen LogP contribution >= 0.6 is 0 Å². The quantitative estimate of drug-likeness (QED) is 0.824. The van der Waals surface area contributed by atoms with Gasteiger partial charge < -0.3 is 5.32 Å². The van der Waals surface area contributed by atoms with Crippen molar-refractivity contribution in [1.29, 1.82) is 0 Å². The second-order valence-electron chi connectivity index (χ2n) is 3.22. The average Bonchev–Trinajstić information content (AvgIpc) is 2.25. The number of hydrogen-bond acceptors (Lipinski definition) is 1. The van der Waals surface area contributed by atoms with E-state index in [4.69, 9.17) is 0 Å². The second kappa shape index (κ2) is 5.11. The highest BCUT2D eigenvalue weighted by molar-refractivity contribution is 5.79. The Kier molecular flexibility index (Phi) is 4.03. The Morgan fingerprint density at radius 1 is 1.29 bits per heavy atom. The highest BCUT2D eigenvalue weighted by atomic mass is 19.4. The van der Waals surface area contributed by atoms with Crippen molar-refractivity contribution in [2.45, 2.75) is 19.1 Å². The van der Waals surface area contributed by atoms with Gasteiger partial charge in [-0.2, -0.15) is 22.0 Å². The molecule has 0 aliphatic carbocycles. The standard InChI is InChI=1S/C10H8F5NO/c11-8(12)9(17)16-5-6-2-1-3-7(4-6)10(13,14)15/h1-4,8H,5H2,(H,16,17). The summed E-state index contributed by atoms with van der Waals surface area (Å²) < 4.78 is 60.5. The monoisotopic (exact) mass is 253 g/mol. The van der Waals surface area contributed by atoms with Crippen molar-refractivity contribution in [2.75, 3.05) is 0 Å². The number of halogens is 5. The largest absolute Gasteiger partial charge is 0.416 e. The van der Waals surface area contributed by atoms with E-state index < -0.39 is 24.1 Å². The number of carbonyl (C=O) groups is 1. The Morgan fingerprint density at radius 2 is 1.94 bits per heavy atom. The summed E-state index contributed by atoms with van der Waals surface area (Å²) in [5.74, 6) is -1.51. The van der Waals surface area contributed by atoms with E-state index in [1.165, 1.54) is 6.07 Å². The van der Waals surface area contributed by atoms with Gasteiger partial charge in [-0.25, -0.2) is 0 Å². The molecule has 0 bridgehead atoms. The van der Waals surface area contributed by atoms with Crippen molar-refractivity contribution in [1.82, 2.24) is 5.32 Å². The topological polar surface area (TPSA) is 29.1 Å². The van der Waals surface area contributed by atoms with Crippen LogP contribution in [0.15, 0.2) is 24.3 Å².